The van der Waals surface area contributed by atoms with E-state index in [1.165, 1.54) is 12.1 Å². The first-order chi connectivity index (χ1) is 13.0. The van der Waals surface area contributed by atoms with E-state index in [0.717, 1.165) is 0 Å². The van der Waals surface area contributed by atoms with E-state index < -0.39 is 5.91 Å². The van der Waals surface area contributed by atoms with Crippen molar-refractivity contribution in [2.45, 2.75) is 0 Å². The maximum Gasteiger partial charge on any atom is 0.257 e. The Morgan fingerprint density at radius 2 is 1.37 bits per heavy atom. The van der Waals surface area contributed by atoms with E-state index in [2.05, 4.69) is 5.32 Å². The van der Waals surface area contributed by atoms with E-state index in [1.807, 2.05) is 0 Å². The SMILES string of the molecule is O=C(Nc1ccc2c(c1Cl)C(=O)c1ccccc1C2=O)c1ccccc1Cl. The number of carbonyl (C=O) groups is 3. The highest BCUT2D eigenvalue weighted by molar-refractivity contribution is 6.41. The van der Waals surface area contributed by atoms with Gasteiger partial charge in [0.1, 0.15) is 0 Å². The molecule has 1 N–H and O–H groups in total. The fourth-order valence-electron chi connectivity index (χ4n) is 3.08. The second-order valence-electron chi connectivity index (χ2n) is 5.99. The minimum absolute atomic E-state index is 0.0285. The molecule has 3 aromatic carbocycles. The van der Waals surface area contributed by atoms with Gasteiger partial charge in [0, 0.05) is 16.7 Å². The molecule has 0 saturated heterocycles. The zero-order valence-corrected chi connectivity index (χ0v) is 15.3. The van der Waals surface area contributed by atoms with Gasteiger partial charge in [-0.3, -0.25) is 14.4 Å². The van der Waals surface area contributed by atoms with Crippen LogP contribution in [0.1, 0.15) is 42.2 Å². The van der Waals surface area contributed by atoms with Gasteiger partial charge in [0.2, 0.25) is 0 Å². The Balaban J connectivity index is 1.76. The highest BCUT2D eigenvalue weighted by Gasteiger charge is 2.32. The van der Waals surface area contributed by atoms with Gasteiger partial charge in [-0.1, -0.05) is 59.6 Å². The Hall–Kier alpha value is -2.95. The van der Waals surface area contributed by atoms with Crippen molar-refractivity contribution in [2.24, 2.45) is 0 Å². The molecular weight excluding hydrogens is 385 g/mol. The topological polar surface area (TPSA) is 63.2 Å². The Morgan fingerprint density at radius 1 is 0.741 bits per heavy atom. The van der Waals surface area contributed by atoms with E-state index in [-0.39, 0.29) is 39.0 Å². The maximum absolute atomic E-state index is 12.9. The minimum atomic E-state index is -0.461. The van der Waals surface area contributed by atoms with Gasteiger partial charge in [-0.2, -0.15) is 0 Å². The highest BCUT2D eigenvalue weighted by atomic mass is 35.5. The van der Waals surface area contributed by atoms with Gasteiger partial charge in [-0.25, -0.2) is 0 Å². The fraction of sp³-hybridized carbons (Fsp3) is 0. The van der Waals surface area contributed by atoms with Crippen molar-refractivity contribution in [1.82, 2.24) is 0 Å². The van der Waals surface area contributed by atoms with Crippen LogP contribution in [0.25, 0.3) is 0 Å². The number of carbonyl (C=O) groups excluding carboxylic acids is 3. The van der Waals surface area contributed by atoms with Crippen molar-refractivity contribution < 1.29 is 14.4 Å². The third-order valence-electron chi connectivity index (χ3n) is 4.40. The number of ketones is 2. The smallest absolute Gasteiger partial charge is 0.257 e. The quantitative estimate of drug-likeness (QED) is 0.518. The van der Waals surface area contributed by atoms with Crippen LogP contribution in [-0.2, 0) is 0 Å². The molecule has 132 valence electrons. The molecular formula is C21H11Cl2NO3. The normalized spacial score (nSPS) is 12.4. The molecule has 0 aliphatic heterocycles. The van der Waals surface area contributed by atoms with Gasteiger partial charge in [-0.05, 0) is 24.3 Å². The summed E-state index contributed by atoms with van der Waals surface area (Å²) in [6.07, 6.45) is 0. The Labute approximate surface area is 164 Å². The lowest BCUT2D eigenvalue weighted by Crippen LogP contribution is -2.22. The van der Waals surface area contributed by atoms with Crippen molar-refractivity contribution >= 4 is 46.4 Å². The summed E-state index contributed by atoms with van der Waals surface area (Å²) in [7, 11) is 0. The zero-order chi connectivity index (χ0) is 19.1. The van der Waals surface area contributed by atoms with Crippen LogP contribution in [0.2, 0.25) is 10.0 Å². The van der Waals surface area contributed by atoms with Crippen LogP contribution in [0.3, 0.4) is 0 Å². The summed E-state index contributed by atoms with van der Waals surface area (Å²) < 4.78 is 0. The molecule has 1 aliphatic rings. The predicted molar refractivity (Wildman–Crippen MR) is 104 cm³/mol. The van der Waals surface area contributed by atoms with Crippen LogP contribution < -0.4 is 5.32 Å². The molecule has 0 atom stereocenters. The summed E-state index contributed by atoms with van der Waals surface area (Å²) in [6.45, 7) is 0. The maximum atomic E-state index is 12.9. The van der Waals surface area contributed by atoms with E-state index in [9.17, 15) is 14.4 Å². The molecule has 3 aromatic rings. The lowest BCUT2D eigenvalue weighted by Gasteiger charge is -2.20. The van der Waals surface area contributed by atoms with E-state index in [1.54, 1.807) is 48.5 Å². The number of hydrogen-bond acceptors (Lipinski definition) is 3. The fourth-order valence-corrected chi connectivity index (χ4v) is 3.60. The molecule has 4 nitrogen and oxygen atoms in total. The van der Waals surface area contributed by atoms with Gasteiger partial charge in [-0.15, -0.1) is 0 Å². The van der Waals surface area contributed by atoms with Crippen molar-refractivity contribution in [3.63, 3.8) is 0 Å². The minimum Gasteiger partial charge on any atom is -0.321 e. The largest absolute Gasteiger partial charge is 0.321 e. The van der Waals surface area contributed by atoms with Gasteiger partial charge in [0.05, 0.1) is 26.9 Å². The average Bonchev–Trinajstić information content (AvgIpc) is 2.68. The molecule has 6 heteroatoms. The van der Waals surface area contributed by atoms with Crippen LogP contribution in [0.4, 0.5) is 5.69 Å². The monoisotopic (exact) mass is 395 g/mol. The summed E-state index contributed by atoms with van der Waals surface area (Å²) in [6, 6.07) is 16.2. The highest BCUT2D eigenvalue weighted by Crippen LogP contribution is 2.36. The number of amides is 1. The first kappa shape index (κ1) is 17.5. The number of fused-ring (bicyclic) bond motifs is 2. The van der Waals surface area contributed by atoms with Crippen LogP contribution in [0, 0.1) is 0 Å². The van der Waals surface area contributed by atoms with E-state index >= 15 is 0 Å². The van der Waals surface area contributed by atoms with Crippen LogP contribution in [0.15, 0.2) is 60.7 Å². The molecule has 0 bridgehead atoms. The number of anilines is 1. The number of benzene rings is 3. The third kappa shape index (κ3) is 2.83. The zero-order valence-electron chi connectivity index (χ0n) is 13.8. The average molecular weight is 396 g/mol. The van der Waals surface area contributed by atoms with E-state index in [0.29, 0.717) is 16.1 Å². The second kappa shape index (κ2) is 6.65. The molecule has 1 aliphatic carbocycles. The van der Waals surface area contributed by atoms with Crippen LogP contribution in [0.5, 0.6) is 0 Å². The van der Waals surface area contributed by atoms with Crippen molar-refractivity contribution in [3.05, 3.63) is 98.5 Å². The van der Waals surface area contributed by atoms with Gasteiger partial charge in [0.25, 0.3) is 5.91 Å². The number of halogens is 2. The molecule has 0 unspecified atom stereocenters. The molecule has 27 heavy (non-hydrogen) atoms. The molecule has 1 amide bonds. The summed E-state index contributed by atoms with van der Waals surface area (Å²) >= 11 is 12.5. The van der Waals surface area contributed by atoms with Gasteiger partial charge in [0.15, 0.2) is 11.6 Å². The summed E-state index contributed by atoms with van der Waals surface area (Å²) in [5, 5.41) is 2.98. The molecule has 0 heterocycles. The molecule has 0 saturated carbocycles. The second-order valence-corrected chi connectivity index (χ2v) is 6.77. The molecule has 0 spiro atoms. The molecule has 4 rings (SSSR count). The Kier molecular flexibility index (Phi) is 4.30. The first-order valence-electron chi connectivity index (χ1n) is 8.06. The number of nitrogens with one attached hydrogen (secondary N) is 1. The lowest BCUT2D eigenvalue weighted by molar-refractivity contribution is 0.0979. The summed E-state index contributed by atoms with van der Waals surface area (Å²) in [5.74, 6) is -1.08. The number of hydrogen-bond donors (Lipinski definition) is 1. The first-order valence-corrected chi connectivity index (χ1v) is 8.81. The Bertz CT molecular complexity index is 1140. The summed E-state index contributed by atoms with van der Waals surface area (Å²) in [5.41, 5.74) is 1.48. The summed E-state index contributed by atoms with van der Waals surface area (Å²) in [4.78, 5) is 38.0. The third-order valence-corrected chi connectivity index (χ3v) is 5.12. The predicted octanol–water partition coefficient (Wildman–Crippen LogP) is 5.02. The van der Waals surface area contributed by atoms with Crippen LogP contribution >= 0.6 is 23.2 Å². The standard InChI is InChI=1S/C21H11Cl2NO3/c22-15-8-4-3-7-13(15)21(27)24-16-10-9-14-17(18(16)23)20(26)12-6-2-1-5-11(12)19(14)25/h1-10H,(H,24,27). The number of rotatable bonds is 2. The molecule has 0 radical (unpaired) electrons. The van der Waals surface area contributed by atoms with E-state index in [4.69, 9.17) is 23.2 Å². The van der Waals surface area contributed by atoms with Crippen molar-refractivity contribution in [2.75, 3.05) is 5.32 Å². The lowest BCUT2D eigenvalue weighted by atomic mass is 9.84. The van der Waals surface area contributed by atoms with Gasteiger partial charge >= 0.3 is 0 Å². The Morgan fingerprint density at radius 3 is 2.07 bits per heavy atom. The van der Waals surface area contributed by atoms with Crippen molar-refractivity contribution in [1.29, 1.82) is 0 Å². The van der Waals surface area contributed by atoms with Gasteiger partial charge < -0.3 is 5.32 Å². The van der Waals surface area contributed by atoms with Crippen LogP contribution in [-0.4, -0.2) is 17.5 Å². The molecule has 0 fully saturated rings. The van der Waals surface area contributed by atoms with Crippen molar-refractivity contribution in [3.8, 4) is 0 Å². The molecule has 0 aromatic heterocycles.